The Hall–Kier alpha value is -2.16. The number of carbonyl (C=O) groups excluding carboxylic acids is 1. The average Bonchev–Trinajstić information content (AvgIpc) is 3.27. The summed E-state index contributed by atoms with van der Waals surface area (Å²) in [6.07, 6.45) is 0.689. The molecule has 1 aromatic heterocycles. The standard InChI is InChI=1S/C20H25N3O4S/c1-15-3-4-18(27-15)14-21-9-11-22(12-10-21)28(25,26)19-5-6-20-17(13-19)7-8-23(20)16(2)24/h3-6,13H,7-12,14H2,1-2H3. The molecule has 3 heterocycles. The van der Waals surface area contributed by atoms with E-state index in [0.29, 0.717) is 50.6 Å². The molecule has 0 bridgehead atoms. The van der Waals surface area contributed by atoms with E-state index in [4.69, 9.17) is 4.42 Å². The van der Waals surface area contributed by atoms with Crippen molar-refractivity contribution in [2.45, 2.75) is 31.7 Å². The van der Waals surface area contributed by atoms with Crippen molar-refractivity contribution in [2.24, 2.45) is 0 Å². The minimum absolute atomic E-state index is 0.0165. The number of carbonyl (C=O) groups is 1. The normalized spacial score (nSPS) is 18.4. The molecule has 0 radical (unpaired) electrons. The van der Waals surface area contributed by atoms with E-state index in [2.05, 4.69) is 4.90 Å². The summed E-state index contributed by atoms with van der Waals surface area (Å²) in [5.74, 6) is 1.77. The Morgan fingerprint density at radius 2 is 1.82 bits per heavy atom. The predicted molar refractivity (Wildman–Crippen MR) is 106 cm³/mol. The molecule has 0 aliphatic carbocycles. The highest BCUT2D eigenvalue weighted by Crippen LogP contribution is 2.31. The van der Waals surface area contributed by atoms with Gasteiger partial charge in [-0.05, 0) is 49.2 Å². The topological polar surface area (TPSA) is 74.1 Å². The first-order chi connectivity index (χ1) is 13.3. The number of aryl methyl sites for hydroxylation is 1. The zero-order valence-corrected chi connectivity index (χ0v) is 17.0. The molecule has 28 heavy (non-hydrogen) atoms. The van der Waals surface area contributed by atoms with Crippen LogP contribution in [0.5, 0.6) is 0 Å². The average molecular weight is 404 g/mol. The molecule has 0 N–H and O–H groups in total. The molecule has 2 aliphatic heterocycles. The zero-order valence-electron chi connectivity index (χ0n) is 16.2. The van der Waals surface area contributed by atoms with Gasteiger partial charge in [0.2, 0.25) is 15.9 Å². The van der Waals surface area contributed by atoms with Gasteiger partial charge in [-0.3, -0.25) is 9.69 Å². The summed E-state index contributed by atoms with van der Waals surface area (Å²) in [6.45, 7) is 7.01. The quantitative estimate of drug-likeness (QED) is 0.781. The van der Waals surface area contributed by atoms with Crippen molar-refractivity contribution in [3.8, 4) is 0 Å². The molecule has 1 saturated heterocycles. The Labute approximate surface area is 165 Å². The maximum absolute atomic E-state index is 13.1. The van der Waals surface area contributed by atoms with Crippen LogP contribution in [0.3, 0.4) is 0 Å². The van der Waals surface area contributed by atoms with Gasteiger partial charge in [0.25, 0.3) is 0 Å². The second-order valence-electron chi connectivity index (χ2n) is 7.40. The van der Waals surface area contributed by atoms with Gasteiger partial charge in [0.15, 0.2) is 0 Å². The zero-order chi connectivity index (χ0) is 19.9. The summed E-state index contributed by atoms with van der Waals surface area (Å²) in [6, 6.07) is 9.01. The van der Waals surface area contributed by atoms with Crippen molar-refractivity contribution in [3.63, 3.8) is 0 Å². The van der Waals surface area contributed by atoms with Gasteiger partial charge in [-0.15, -0.1) is 0 Å². The summed E-state index contributed by atoms with van der Waals surface area (Å²) in [4.78, 5) is 15.9. The molecule has 1 aromatic carbocycles. The van der Waals surface area contributed by atoms with Crippen LogP contribution in [0.25, 0.3) is 0 Å². The van der Waals surface area contributed by atoms with E-state index in [1.807, 2.05) is 19.1 Å². The van der Waals surface area contributed by atoms with Crippen LogP contribution in [0.1, 0.15) is 24.0 Å². The monoisotopic (exact) mass is 403 g/mol. The van der Waals surface area contributed by atoms with Crippen LogP contribution < -0.4 is 4.90 Å². The SMILES string of the molecule is CC(=O)N1CCc2cc(S(=O)(=O)N3CCN(Cc4ccc(C)o4)CC3)ccc21. The van der Waals surface area contributed by atoms with Gasteiger partial charge in [0.1, 0.15) is 11.5 Å². The molecule has 0 spiro atoms. The van der Waals surface area contributed by atoms with E-state index in [-0.39, 0.29) is 5.91 Å². The number of rotatable bonds is 4. The van der Waals surface area contributed by atoms with Crippen molar-refractivity contribution in [1.82, 2.24) is 9.21 Å². The largest absolute Gasteiger partial charge is 0.465 e. The molecule has 4 rings (SSSR count). The summed E-state index contributed by atoms with van der Waals surface area (Å²) in [7, 11) is -3.53. The molecule has 7 nitrogen and oxygen atoms in total. The van der Waals surface area contributed by atoms with Crippen LogP contribution >= 0.6 is 0 Å². The van der Waals surface area contributed by atoms with E-state index in [1.54, 1.807) is 27.4 Å². The summed E-state index contributed by atoms with van der Waals surface area (Å²) >= 11 is 0. The number of hydrogen-bond acceptors (Lipinski definition) is 5. The minimum atomic E-state index is -3.53. The molecule has 2 aromatic rings. The van der Waals surface area contributed by atoms with Crippen LogP contribution in [0.2, 0.25) is 0 Å². The molecule has 0 unspecified atom stereocenters. The van der Waals surface area contributed by atoms with E-state index in [1.165, 1.54) is 6.92 Å². The Morgan fingerprint density at radius 3 is 2.46 bits per heavy atom. The van der Waals surface area contributed by atoms with Crippen LogP contribution in [0.15, 0.2) is 39.6 Å². The third-order valence-corrected chi connectivity index (χ3v) is 7.37. The molecule has 1 fully saturated rings. The van der Waals surface area contributed by atoms with E-state index < -0.39 is 10.0 Å². The van der Waals surface area contributed by atoms with Crippen molar-refractivity contribution in [1.29, 1.82) is 0 Å². The molecule has 2 aliphatic rings. The Morgan fingerprint density at radius 1 is 1.07 bits per heavy atom. The summed E-state index contributed by atoms with van der Waals surface area (Å²) in [5.41, 5.74) is 1.74. The van der Waals surface area contributed by atoms with Crippen LogP contribution in [0, 0.1) is 6.92 Å². The first-order valence-corrected chi connectivity index (χ1v) is 11.0. The number of benzene rings is 1. The number of piperazine rings is 1. The van der Waals surface area contributed by atoms with E-state index in [0.717, 1.165) is 22.8 Å². The van der Waals surface area contributed by atoms with Crippen molar-refractivity contribution < 1.29 is 17.6 Å². The Bertz CT molecular complexity index is 991. The number of fused-ring (bicyclic) bond motifs is 1. The first kappa shape index (κ1) is 19.2. The molecule has 8 heteroatoms. The fourth-order valence-electron chi connectivity index (χ4n) is 3.93. The molecular weight excluding hydrogens is 378 g/mol. The summed E-state index contributed by atoms with van der Waals surface area (Å²) in [5, 5.41) is 0. The highest BCUT2D eigenvalue weighted by Gasteiger charge is 2.31. The molecule has 0 atom stereocenters. The van der Waals surface area contributed by atoms with Gasteiger partial charge in [0, 0.05) is 45.3 Å². The first-order valence-electron chi connectivity index (χ1n) is 9.53. The van der Waals surface area contributed by atoms with E-state index in [9.17, 15) is 13.2 Å². The third-order valence-electron chi connectivity index (χ3n) is 5.47. The van der Waals surface area contributed by atoms with Gasteiger partial charge in [-0.25, -0.2) is 8.42 Å². The smallest absolute Gasteiger partial charge is 0.243 e. The van der Waals surface area contributed by atoms with Gasteiger partial charge < -0.3 is 9.32 Å². The molecule has 1 amide bonds. The second kappa shape index (κ2) is 7.35. The van der Waals surface area contributed by atoms with Crippen LogP contribution in [0.4, 0.5) is 5.69 Å². The number of anilines is 1. The lowest BCUT2D eigenvalue weighted by Gasteiger charge is -2.33. The number of amides is 1. The van der Waals surface area contributed by atoms with Crippen LogP contribution in [-0.4, -0.2) is 56.3 Å². The fraction of sp³-hybridized carbons (Fsp3) is 0.450. The number of nitrogens with zero attached hydrogens (tertiary/aromatic N) is 3. The van der Waals surface area contributed by atoms with E-state index >= 15 is 0 Å². The lowest BCUT2D eigenvalue weighted by molar-refractivity contribution is -0.116. The highest BCUT2D eigenvalue weighted by atomic mass is 32.2. The lowest BCUT2D eigenvalue weighted by atomic mass is 10.2. The number of sulfonamides is 1. The fourth-order valence-corrected chi connectivity index (χ4v) is 5.41. The van der Waals surface area contributed by atoms with Gasteiger partial charge >= 0.3 is 0 Å². The van der Waals surface area contributed by atoms with Crippen molar-refractivity contribution in [3.05, 3.63) is 47.4 Å². The van der Waals surface area contributed by atoms with Crippen molar-refractivity contribution >= 4 is 21.6 Å². The van der Waals surface area contributed by atoms with Crippen molar-refractivity contribution in [2.75, 3.05) is 37.6 Å². The predicted octanol–water partition coefficient (Wildman–Crippen LogP) is 2.00. The maximum atomic E-state index is 13.1. The highest BCUT2D eigenvalue weighted by molar-refractivity contribution is 7.89. The number of furan rings is 1. The summed E-state index contributed by atoms with van der Waals surface area (Å²) < 4.78 is 33.3. The molecule has 0 saturated carbocycles. The van der Waals surface area contributed by atoms with Gasteiger partial charge in [-0.1, -0.05) is 0 Å². The Balaban J connectivity index is 1.44. The molecule has 150 valence electrons. The maximum Gasteiger partial charge on any atom is 0.243 e. The lowest BCUT2D eigenvalue weighted by Crippen LogP contribution is -2.48. The Kier molecular flexibility index (Phi) is 5.03. The second-order valence-corrected chi connectivity index (χ2v) is 9.34. The van der Waals surface area contributed by atoms with Crippen LogP contribution in [-0.2, 0) is 27.8 Å². The number of hydrogen-bond donors (Lipinski definition) is 0. The minimum Gasteiger partial charge on any atom is -0.465 e. The van der Waals surface area contributed by atoms with Gasteiger partial charge in [-0.2, -0.15) is 4.31 Å². The third kappa shape index (κ3) is 3.59. The molecular formula is C20H25N3O4S. The van der Waals surface area contributed by atoms with Gasteiger partial charge in [0.05, 0.1) is 11.4 Å².